The van der Waals surface area contributed by atoms with Gasteiger partial charge in [-0.1, -0.05) is 60.7 Å². The van der Waals surface area contributed by atoms with Crippen molar-refractivity contribution in [2.24, 2.45) is 0 Å². The fourth-order valence-corrected chi connectivity index (χ4v) is 3.71. The smallest absolute Gasteiger partial charge is 0.249 e. The minimum Gasteiger partial charge on any atom is -0.354 e. The summed E-state index contributed by atoms with van der Waals surface area (Å²) in [5.41, 5.74) is 2.88. The number of thiazole rings is 1. The number of amides is 1. The van der Waals surface area contributed by atoms with Gasteiger partial charge in [0.25, 0.3) is 0 Å². The fraction of sp³-hybridized carbons (Fsp3) is 0.150. The Hall–Kier alpha value is -3.39. The third-order valence-corrected chi connectivity index (χ3v) is 5.16. The molecule has 4 rings (SSSR count). The predicted octanol–water partition coefficient (Wildman–Crippen LogP) is 2.74. The number of rotatable bonds is 7. The van der Waals surface area contributed by atoms with Crippen LogP contribution in [-0.4, -0.2) is 37.6 Å². The first-order valence-electron chi connectivity index (χ1n) is 8.86. The summed E-state index contributed by atoms with van der Waals surface area (Å²) in [6, 6.07) is 18.9. The number of nitrogens with zero attached hydrogens (tertiary/aromatic N) is 5. The van der Waals surface area contributed by atoms with Crippen molar-refractivity contribution in [2.45, 2.75) is 12.5 Å². The molecule has 0 aliphatic heterocycles. The molecule has 140 valence electrons. The van der Waals surface area contributed by atoms with E-state index in [0.717, 1.165) is 21.8 Å². The van der Waals surface area contributed by atoms with E-state index in [4.69, 9.17) is 0 Å². The van der Waals surface area contributed by atoms with Crippen molar-refractivity contribution >= 4 is 17.2 Å². The van der Waals surface area contributed by atoms with Crippen molar-refractivity contribution in [1.29, 1.82) is 0 Å². The maximum atomic E-state index is 12.8. The van der Waals surface area contributed by atoms with E-state index in [9.17, 15) is 4.79 Å². The fourth-order valence-electron chi connectivity index (χ4n) is 2.90. The highest BCUT2D eigenvalue weighted by atomic mass is 32.1. The number of benzene rings is 2. The van der Waals surface area contributed by atoms with E-state index in [-0.39, 0.29) is 5.91 Å². The molecule has 0 aliphatic carbocycles. The average molecular weight is 390 g/mol. The monoisotopic (exact) mass is 390 g/mol. The Balaban J connectivity index is 1.40. The van der Waals surface area contributed by atoms with Gasteiger partial charge in [-0.05, 0) is 16.0 Å². The van der Waals surface area contributed by atoms with E-state index >= 15 is 0 Å². The molecule has 0 aliphatic rings. The van der Waals surface area contributed by atoms with E-state index in [1.807, 2.05) is 66.0 Å². The molecule has 0 saturated heterocycles. The number of aromatic nitrogens is 5. The van der Waals surface area contributed by atoms with Crippen molar-refractivity contribution in [3.8, 4) is 11.3 Å². The molecule has 0 fully saturated rings. The highest BCUT2D eigenvalue weighted by molar-refractivity contribution is 7.09. The Morgan fingerprint density at radius 2 is 1.82 bits per heavy atom. The standard InChI is InChI=1S/C20H18N6OS/c27-20(19(26-14-22-24-25-26)16-9-5-2-6-10-16)21-12-11-18-23-17(13-28-18)15-7-3-1-4-8-15/h1-10,13-14,19H,11-12H2,(H,21,27). The summed E-state index contributed by atoms with van der Waals surface area (Å²) in [6.07, 6.45) is 2.12. The second-order valence-corrected chi connectivity index (χ2v) is 7.08. The van der Waals surface area contributed by atoms with Crippen LogP contribution in [-0.2, 0) is 11.2 Å². The summed E-state index contributed by atoms with van der Waals surface area (Å²) in [5, 5.41) is 17.2. The molecule has 0 radical (unpaired) electrons. The molecule has 7 nitrogen and oxygen atoms in total. The normalized spacial score (nSPS) is 11.9. The zero-order valence-electron chi connectivity index (χ0n) is 15.0. The van der Waals surface area contributed by atoms with Gasteiger partial charge in [-0.15, -0.1) is 16.4 Å². The number of hydrogen-bond acceptors (Lipinski definition) is 6. The van der Waals surface area contributed by atoms with Gasteiger partial charge in [0, 0.05) is 23.9 Å². The third-order valence-electron chi connectivity index (χ3n) is 4.25. The van der Waals surface area contributed by atoms with E-state index in [1.165, 1.54) is 11.0 Å². The number of carbonyl (C=O) groups excluding carboxylic acids is 1. The Kier molecular flexibility index (Phi) is 5.48. The van der Waals surface area contributed by atoms with Gasteiger partial charge in [0.15, 0.2) is 6.04 Å². The molecule has 2 heterocycles. The van der Waals surface area contributed by atoms with Gasteiger partial charge in [0.05, 0.1) is 10.7 Å². The molecule has 2 aromatic carbocycles. The van der Waals surface area contributed by atoms with Gasteiger partial charge in [-0.25, -0.2) is 9.67 Å². The second kappa shape index (κ2) is 8.53. The summed E-state index contributed by atoms with van der Waals surface area (Å²) in [7, 11) is 0. The maximum Gasteiger partial charge on any atom is 0.249 e. The van der Waals surface area contributed by atoms with Crippen LogP contribution in [0.25, 0.3) is 11.3 Å². The van der Waals surface area contributed by atoms with Gasteiger partial charge in [-0.2, -0.15) is 0 Å². The summed E-state index contributed by atoms with van der Waals surface area (Å²) in [4.78, 5) is 17.5. The Bertz CT molecular complexity index is 1020. The molecule has 0 saturated carbocycles. The first kappa shape index (κ1) is 18.0. The highest BCUT2D eigenvalue weighted by Crippen LogP contribution is 2.22. The molecule has 1 atom stereocenters. The van der Waals surface area contributed by atoms with Crippen LogP contribution in [0.1, 0.15) is 16.6 Å². The van der Waals surface area contributed by atoms with Crippen LogP contribution in [0.5, 0.6) is 0 Å². The van der Waals surface area contributed by atoms with Crippen LogP contribution in [0.15, 0.2) is 72.4 Å². The topological polar surface area (TPSA) is 85.6 Å². The molecule has 0 bridgehead atoms. The average Bonchev–Trinajstić information content (AvgIpc) is 3.42. The zero-order valence-corrected chi connectivity index (χ0v) is 15.8. The van der Waals surface area contributed by atoms with Gasteiger partial charge in [0.2, 0.25) is 5.91 Å². The van der Waals surface area contributed by atoms with E-state index in [0.29, 0.717) is 13.0 Å². The van der Waals surface area contributed by atoms with Crippen LogP contribution < -0.4 is 5.32 Å². The third kappa shape index (κ3) is 4.12. The summed E-state index contributed by atoms with van der Waals surface area (Å²) in [5.74, 6) is -0.154. The lowest BCUT2D eigenvalue weighted by atomic mass is 10.1. The number of carbonyl (C=O) groups is 1. The number of tetrazole rings is 1. The predicted molar refractivity (Wildman–Crippen MR) is 107 cm³/mol. The zero-order chi connectivity index (χ0) is 19.2. The Morgan fingerprint density at radius 3 is 2.54 bits per heavy atom. The molecule has 8 heteroatoms. The minimum absolute atomic E-state index is 0.154. The van der Waals surface area contributed by atoms with Crippen LogP contribution in [0, 0.1) is 0 Å². The lowest BCUT2D eigenvalue weighted by Gasteiger charge is -2.16. The largest absolute Gasteiger partial charge is 0.354 e. The molecule has 1 unspecified atom stereocenters. The van der Waals surface area contributed by atoms with E-state index < -0.39 is 6.04 Å². The number of hydrogen-bond donors (Lipinski definition) is 1. The van der Waals surface area contributed by atoms with Gasteiger partial charge >= 0.3 is 0 Å². The molecule has 2 aromatic heterocycles. The lowest BCUT2D eigenvalue weighted by Crippen LogP contribution is -2.34. The first-order chi connectivity index (χ1) is 13.8. The summed E-state index contributed by atoms with van der Waals surface area (Å²) < 4.78 is 1.46. The van der Waals surface area contributed by atoms with Gasteiger partial charge in [-0.3, -0.25) is 4.79 Å². The SMILES string of the molecule is O=C(NCCc1nc(-c2ccccc2)cs1)C(c1ccccc1)n1cnnn1. The van der Waals surface area contributed by atoms with E-state index in [2.05, 4.69) is 25.8 Å². The lowest BCUT2D eigenvalue weighted by molar-refractivity contribution is -0.123. The second-order valence-electron chi connectivity index (χ2n) is 6.14. The maximum absolute atomic E-state index is 12.8. The van der Waals surface area contributed by atoms with Crippen LogP contribution >= 0.6 is 11.3 Å². The first-order valence-corrected chi connectivity index (χ1v) is 9.74. The molecule has 4 aromatic rings. The van der Waals surface area contributed by atoms with Crippen LogP contribution in [0.3, 0.4) is 0 Å². The summed E-state index contributed by atoms with van der Waals surface area (Å²) >= 11 is 1.60. The van der Waals surface area contributed by atoms with Crippen molar-refractivity contribution in [3.63, 3.8) is 0 Å². The van der Waals surface area contributed by atoms with Crippen molar-refractivity contribution in [1.82, 2.24) is 30.5 Å². The Labute approximate surface area is 166 Å². The molecule has 28 heavy (non-hydrogen) atoms. The molecule has 0 spiro atoms. The van der Waals surface area contributed by atoms with E-state index in [1.54, 1.807) is 11.3 Å². The number of nitrogens with one attached hydrogen (secondary N) is 1. The Morgan fingerprint density at radius 1 is 1.07 bits per heavy atom. The van der Waals surface area contributed by atoms with Crippen LogP contribution in [0.4, 0.5) is 0 Å². The van der Waals surface area contributed by atoms with Crippen molar-refractivity contribution < 1.29 is 4.79 Å². The van der Waals surface area contributed by atoms with Gasteiger partial charge < -0.3 is 5.32 Å². The minimum atomic E-state index is -0.604. The quantitative estimate of drug-likeness (QED) is 0.524. The molecular weight excluding hydrogens is 372 g/mol. The van der Waals surface area contributed by atoms with Crippen molar-refractivity contribution in [3.05, 3.63) is 82.9 Å². The highest BCUT2D eigenvalue weighted by Gasteiger charge is 2.23. The van der Waals surface area contributed by atoms with Crippen molar-refractivity contribution in [2.75, 3.05) is 6.54 Å². The molecular formula is C20H18N6OS. The van der Waals surface area contributed by atoms with Gasteiger partial charge in [0.1, 0.15) is 6.33 Å². The molecule has 1 amide bonds. The van der Waals surface area contributed by atoms with Crippen LogP contribution in [0.2, 0.25) is 0 Å². The molecule has 1 N–H and O–H groups in total. The summed E-state index contributed by atoms with van der Waals surface area (Å²) in [6.45, 7) is 0.492.